The number of imidazole rings is 1. The third-order valence-electron chi connectivity index (χ3n) is 4.88. The molecule has 1 N–H and O–H groups in total. The molecule has 3 atom stereocenters. The summed E-state index contributed by atoms with van der Waals surface area (Å²) in [6, 6.07) is 0.366. The highest BCUT2D eigenvalue weighted by atomic mass is 16.5. The van der Waals surface area contributed by atoms with Crippen LogP contribution in [0.5, 0.6) is 0 Å². The lowest BCUT2D eigenvalue weighted by atomic mass is 9.79. The molecule has 0 bridgehead atoms. The van der Waals surface area contributed by atoms with Crippen LogP contribution in [0.15, 0.2) is 18.7 Å². The average Bonchev–Trinajstić information content (AvgIpc) is 3.04. The lowest BCUT2D eigenvalue weighted by Gasteiger charge is -2.42. The van der Waals surface area contributed by atoms with E-state index >= 15 is 0 Å². The minimum Gasteiger partial charge on any atom is -0.393 e. The first kappa shape index (κ1) is 13.1. The molecule has 1 aliphatic carbocycles. The molecule has 1 aliphatic heterocycles. The molecular weight excluding hydrogens is 242 g/mol. The zero-order chi connectivity index (χ0) is 13.3. The van der Waals surface area contributed by atoms with Crippen LogP contribution in [0, 0.1) is 0 Å². The summed E-state index contributed by atoms with van der Waals surface area (Å²) >= 11 is 0. The number of aliphatic hydroxyl groups is 1. The molecule has 1 aromatic rings. The van der Waals surface area contributed by atoms with Gasteiger partial charge in [-0.2, -0.15) is 0 Å². The largest absolute Gasteiger partial charge is 0.393 e. The Labute approximate surface area is 114 Å². The van der Waals surface area contributed by atoms with Crippen molar-refractivity contribution in [3.05, 3.63) is 18.7 Å². The lowest BCUT2D eigenvalue weighted by Crippen LogP contribution is -2.51. The van der Waals surface area contributed by atoms with Gasteiger partial charge in [0, 0.05) is 45.2 Å². The first-order valence-corrected chi connectivity index (χ1v) is 7.16. The van der Waals surface area contributed by atoms with E-state index < -0.39 is 0 Å². The van der Waals surface area contributed by atoms with Crippen LogP contribution < -0.4 is 0 Å². The van der Waals surface area contributed by atoms with E-state index in [-0.39, 0.29) is 11.7 Å². The SMILES string of the molecule is CO[C@]12CC[C@H](O)C[C@H]1N(CCn1ccnc1)CC2. The maximum absolute atomic E-state index is 9.94. The van der Waals surface area contributed by atoms with Crippen molar-refractivity contribution in [1.82, 2.24) is 14.5 Å². The Hall–Kier alpha value is -0.910. The number of aliphatic hydroxyl groups excluding tert-OH is 1. The summed E-state index contributed by atoms with van der Waals surface area (Å²) in [5.74, 6) is 0. The van der Waals surface area contributed by atoms with Crippen molar-refractivity contribution in [2.75, 3.05) is 20.2 Å². The topological polar surface area (TPSA) is 50.5 Å². The van der Waals surface area contributed by atoms with Gasteiger partial charge >= 0.3 is 0 Å². The van der Waals surface area contributed by atoms with Gasteiger partial charge in [-0.3, -0.25) is 4.90 Å². The number of hydrogen-bond acceptors (Lipinski definition) is 4. The van der Waals surface area contributed by atoms with E-state index in [1.807, 2.05) is 25.8 Å². The molecule has 2 aliphatic rings. The van der Waals surface area contributed by atoms with Crippen molar-refractivity contribution < 1.29 is 9.84 Å². The van der Waals surface area contributed by atoms with Gasteiger partial charge in [0.1, 0.15) is 0 Å². The number of likely N-dealkylation sites (tertiary alicyclic amines) is 1. The van der Waals surface area contributed by atoms with Crippen LogP contribution in [-0.4, -0.2) is 57.5 Å². The van der Waals surface area contributed by atoms with Gasteiger partial charge in [0.05, 0.1) is 18.0 Å². The summed E-state index contributed by atoms with van der Waals surface area (Å²) in [7, 11) is 1.82. The number of fused-ring (bicyclic) bond motifs is 1. The molecule has 1 saturated carbocycles. The number of ether oxygens (including phenoxy) is 1. The highest BCUT2D eigenvalue weighted by molar-refractivity contribution is 5.05. The molecular formula is C14H23N3O2. The predicted molar refractivity (Wildman–Crippen MR) is 71.8 cm³/mol. The fourth-order valence-electron chi connectivity index (χ4n) is 3.70. The fourth-order valence-corrected chi connectivity index (χ4v) is 3.70. The van der Waals surface area contributed by atoms with Gasteiger partial charge in [0.15, 0.2) is 0 Å². The van der Waals surface area contributed by atoms with Crippen molar-refractivity contribution in [1.29, 1.82) is 0 Å². The maximum Gasteiger partial charge on any atom is 0.0946 e. The predicted octanol–water partition coefficient (Wildman–Crippen LogP) is 0.887. The maximum atomic E-state index is 9.94. The Morgan fingerprint density at radius 1 is 1.42 bits per heavy atom. The molecule has 19 heavy (non-hydrogen) atoms. The lowest BCUT2D eigenvalue weighted by molar-refractivity contribution is -0.0870. The normalized spacial score (nSPS) is 35.5. The van der Waals surface area contributed by atoms with Gasteiger partial charge in [0.2, 0.25) is 0 Å². The molecule has 0 spiro atoms. The first-order valence-electron chi connectivity index (χ1n) is 7.16. The first-order chi connectivity index (χ1) is 9.23. The van der Waals surface area contributed by atoms with Crippen molar-refractivity contribution in [2.45, 2.75) is 50.0 Å². The van der Waals surface area contributed by atoms with Gasteiger partial charge < -0.3 is 14.4 Å². The smallest absolute Gasteiger partial charge is 0.0946 e. The van der Waals surface area contributed by atoms with Crippen LogP contribution in [-0.2, 0) is 11.3 Å². The number of methoxy groups -OCH3 is 1. The second-order valence-electron chi connectivity index (χ2n) is 5.80. The molecule has 5 heteroatoms. The Morgan fingerprint density at radius 2 is 2.32 bits per heavy atom. The standard InChI is InChI=1S/C14H23N3O2/c1-19-14-3-2-12(18)10-13(14)17(6-4-14)9-8-16-7-5-15-11-16/h5,7,11-13,18H,2-4,6,8-10H2,1H3/t12-,13+,14-/m0/s1. The average molecular weight is 265 g/mol. The van der Waals surface area contributed by atoms with Crippen LogP contribution in [0.4, 0.5) is 0 Å². The Bertz CT molecular complexity index is 409. The molecule has 3 rings (SSSR count). The number of nitrogens with zero attached hydrogens (tertiary/aromatic N) is 3. The summed E-state index contributed by atoms with van der Waals surface area (Å²) in [5.41, 5.74) is -0.0197. The second-order valence-corrected chi connectivity index (χ2v) is 5.80. The van der Waals surface area contributed by atoms with E-state index in [2.05, 4.69) is 14.5 Å². The van der Waals surface area contributed by atoms with Gasteiger partial charge in [-0.05, 0) is 25.7 Å². The number of rotatable bonds is 4. The Balaban J connectivity index is 1.66. The van der Waals surface area contributed by atoms with Crippen molar-refractivity contribution >= 4 is 0 Å². The van der Waals surface area contributed by atoms with E-state index in [9.17, 15) is 5.11 Å². The summed E-state index contributed by atoms with van der Waals surface area (Å²) < 4.78 is 7.95. The van der Waals surface area contributed by atoms with E-state index in [1.54, 1.807) is 0 Å². The number of aromatic nitrogens is 2. The summed E-state index contributed by atoms with van der Waals surface area (Å²) in [4.78, 5) is 6.55. The van der Waals surface area contributed by atoms with Gasteiger partial charge in [-0.1, -0.05) is 0 Å². The fraction of sp³-hybridized carbons (Fsp3) is 0.786. The number of hydrogen-bond donors (Lipinski definition) is 1. The van der Waals surface area contributed by atoms with Crippen molar-refractivity contribution in [2.24, 2.45) is 0 Å². The molecule has 5 nitrogen and oxygen atoms in total. The molecule has 0 aromatic carbocycles. The van der Waals surface area contributed by atoms with Crippen molar-refractivity contribution in [3.63, 3.8) is 0 Å². The van der Waals surface area contributed by atoms with Gasteiger partial charge in [0.25, 0.3) is 0 Å². The van der Waals surface area contributed by atoms with Crippen LogP contribution >= 0.6 is 0 Å². The van der Waals surface area contributed by atoms with E-state index in [1.165, 1.54) is 0 Å². The summed E-state index contributed by atoms with van der Waals surface area (Å²) in [6.07, 6.45) is 9.29. The van der Waals surface area contributed by atoms with Crippen molar-refractivity contribution in [3.8, 4) is 0 Å². The molecule has 0 amide bonds. The summed E-state index contributed by atoms with van der Waals surface area (Å²) in [6.45, 7) is 3.02. The zero-order valence-electron chi connectivity index (χ0n) is 11.5. The third kappa shape index (κ3) is 2.42. The molecule has 2 heterocycles. The molecule has 0 radical (unpaired) electrons. The molecule has 106 valence electrons. The van der Waals surface area contributed by atoms with E-state index in [4.69, 9.17) is 4.74 Å². The Kier molecular flexibility index (Phi) is 3.60. The van der Waals surface area contributed by atoms with Crippen LogP contribution in [0.1, 0.15) is 25.7 Å². The van der Waals surface area contributed by atoms with Crippen LogP contribution in [0.3, 0.4) is 0 Å². The van der Waals surface area contributed by atoms with Crippen LogP contribution in [0.2, 0.25) is 0 Å². The zero-order valence-corrected chi connectivity index (χ0v) is 11.5. The summed E-state index contributed by atoms with van der Waals surface area (Å²) in [5, 5.41) is 9.94. The third-order valence-corrected chi connectivity index (χ3v) is 4.88. The highest BCUT2D eigenvalue weighted by Gasteiger charge is 2.50. The minimum atomic E-state index is -0.165. The molecule has 1 saturated heterocycles. The monoisotopic (exact) mass is 265 g/mol. The highest BCUT2D eigenvalue weighted by Crippen LogP contribution is 2.42. The van der Waals surface area contributed by atoms with Gasteiger partial charge in [-0.15, -0.1) is 0 Å². The molecule has 2 fully saturated rings. The Morgan fingerprint density at radius 3 is 3.05 bits per heavy atom. The van der Waals surface area contributed by atoms with E-state index in [0.29, 0.717) is 6.04 Å². The second kappa shape index (κ2) is 5.23. The quantitative estimate of drug-likeness (QED) is 0.878. The minimum absolute atomic E-state index is 0.0197. The van der Waals surface area contributed by atoms with Gasteiger partial charge in [-0.25, -0.2) is 4.98 Å². The molecule has 1 aromatic heterocycles. The van der Waals surface area contributed by atoms with E-state index in [0.717, 1.165) is 45.3 Å². The molecule has 0 unspecified atom stereocenters. The van der Waals surface area contributed by atoms with Crippen LogP contribution in [0.25, 0.3) is 0 Å².